The van der Waals surface area contributed by atoms with Crippen LogP contribution in [0.15, 0.2) is 0 Å². The summed E-state index contributed by atoms with van der Waals surface area (Å²) < 4.78 is 0. The zero-order chi connectivity index (χ0) is 18.3. The van der Waals surface area contributed by atoms with Gasteiger partial charge in [-0.25, -0.2) is 4.79 Å². The molecule has 1 fully saturated rings. The van der Waals surface area contributed by atoms with Gasteiger partial charge in [-0.05, 0) is 53.9 Å². The first-order valence-electron chi connectivity index (χ1n) is 8.76. The van der Waals surface area contributed by atoms with Crippen molar-refractivity contribution in [2.75, 3.05) is 13.1 Å². The number of rotatable bonds is 5. The van der Waals surface area contributed by atoms with Crippen LogP contribution < -0.4 is 16.0 Å². The molecule has 0 radical (unpaired) electrons. The number of hydrogen-bond acceptors (Lipinski definition) is 3. The van der Waals surface area contributed by atoms with Gasteiger partial charge in [-0.3, -0.25) is 9.59 Å². The molecule has 7 heteroatoms. The lowest BCUT2D eigenvalue weighted by atomic mass is 10.0. The second-order valence-corrected chi connectivity index (χ2v) is 7.54. The van der Waals surface area contributed by atoms with Gasteiger partial charge in [0.1, 0.15) is 6.04 Å². The average molecular weight is 340 g/mol. The lowest BCUT2D eigenvalue weighted by Gasteiger charge is -2.33. The van der Waals surface area contributed by atoms with Crippen molar-refractivity contribution in [1.82, 2.24) is 20.9 Å². The maximum atomic E-state index is 12.2. The fraction of sp³-hybridized carbons (Fsp3) is 0.824. The number of nitrogens with one attached hydrogen (secondary N) is 3. The second kappa shape index (κ2) is 8.89. The molecule has 2 atom stereocenters. The minimum atomic E-state index is -0.637. The van der Waals surface area contributed by atoms with Crippen LogP contribution in [0.4, 0.5) is 4.79 Å². The molecular formula is C17H32N4O3. The van der Waals surface area contributed by atoms with E-state index in [1.165, 1.54) is 6.42 Å². The molecule has 1 rings (SSSR count). The van der Waals surface area contributed by atoms with Crippen molar-refractivity contribution < 1.29 is 14.4 Å². The van der Waals surface area contributed by atoms with E-state index in [0.29, 0.717) is 0 Å². The van der Waals surface area contributed by atoms with E-state index >= 15 is 0 Å². The van der Waals surface area contributed by atoms with E-state index in [2.05, 4.69) is 22.9 Å². The molecule has 138 valence electrons. The quantitative estimate of drug-likeness (QED) is 0.706. The van der Waals surface area contributed by atoms with E-state index in [-0.39, 0.29) is 36.4 Å². The summed E-state index contributed by atoms with van der Waals surface area (Å²) in [5, 5.41) is 8.02. The SMILES string of the molecule is CC(NC(=O)NCCC(=O)N1CCCCC1C)C(=O)NC(C)(C)C. The number of nitrogens with zero attached hydrogens (tertiary/aromatic N) is 1. The summed E-state index contributed by atoms with van der Waals surface area (Å²) in [5.74, 6) is -0.170. The Kier molecular flexibility index (Phi) is 7.51. The van der Waals surface area contributed by atoms with Crippen LogP contribution in [0.2, 0.25) is 0 Å². The molecule has 3 N–H and O–H groups in total. The fourth-order valence-electron chi connectivity index (χ4n) is 2.69. The van der Waals surface area contributed by atoms with Crippen LogP contribution in [0.1, 0.15) is 60.3 Å². The molecule has 1 aliphatic heterocycles. The Morgan fingerprint density at radius 3 is 2.46 bits per heavy atom. The standard InChI is InChI=1S/C17H32N4O3/c1-12-8-6-7-11-21(12)14(22)9-10-18-16(24)19-13(2)15(23)20-17(3,4)5/h12-13H,6-11H2,1-5H3,(H,20,23)(H2,18,19,24). The van der Waals surface area contributed by atoms with Crippen LogP contribution in [-0.4, -0.2) is 53.5 Å². The largest absolute Gasteiger partial charge is 0.350 e. The number of piperidine rings is 1. The number of urea groups is 1. The van der Waals surface area contributed by atoms with Crippen LogP contribution in [0.3, 0.4) is 0 Å². The van der Waals surface area contributed by atoms with Gasteiger partial charge in [0.15, 0.2) is 0 Å². The zero-order valence-electron chi connectivity index (χ0n) is 15.6. The van der Waals surface area contributed by atoms with Crippen molar-refractivity contribution in [2.24, 2.45) is 0 Å². The van der Waals surface area contributed by atoms with Crippen molar-refractivity contribution in [2.45, 2.75) is 77.9 Å². The molecule has 7 nitrogen and oxygen atoms in total. The summed E-state index contributed by atoms with van der Waals surface area (Å²) in [7, 11) is 0. The summed E-state index contributed by atoms with van der Waals surface area (Å²) in [4.78, 5) is 37.8. The second-order valence-electron chi connectivity index (χ2n) is 7.54. The molecule has 1 aliphatic rings. The van der Waals surface area contributed by atoms with Gasteiger partial charge in [0.2, 0.25) is 11.8 Å². The summed E-state index contributed by atoms with van der Waals surface area (Å²) in [6.45, 7) is 10.4. The van der Waals surface area contributed by atoms with Crippen molar-refractivity contribution in [3.8, 4) is 0 Å². The molecule has 0 bridgehead atoms. The van der Waals surface area contributed by atoms with Crippen molar-refractivity contribution in [3.05, 3.63) is 0 Å². The van der Waals surface area contributed by atoms with E-state index in [0.717, 1.165) is 19.4 Å². The highest BCUT2D eigenvalue weighted by Gasteiger charge is 2.23. The predicted molar refractivity (Wildman–Crippen MR) is 93.5 cm³/mol. The third kappa shape index (κ3) is 7.19. The summed E-state index contributed by atoms with van der Waals surface area (Å²) >= 11 is 0. The van der Waals surface area contributed by atoms with Crippen LogP contribution in [0.5, 0.6) is 0 Å². The first-order chi connectivity index (χ1) is 11.1. The van der Waals surface area contributed by atoms with Gasteiger partial charge in [0.05, 0.1) is 0 Å². The van der Waals surface area contributed by atoms with E-state index in [1.54, 1.807) is 6.92 Å². The molecule has 0 spiro atoms. The average Bonchev–Trinajstić information content (AvgIpc) is 2.45. The van der Waals surface area contributed by atoms with Gasteiger partial charge in [-0.1, -0.05) is 0 Å². The monoisotopic (exact) mass is 340 g/mol. The Balaban J connectivity index is 2.28. The van der Waals surface area contributed by atoms with Gasteiger partial charge in [-0.15, -0.1) is 0 Å². The fourth-order valence-corrected chi connectivity index (χ4v) is 2.69. The number of amides is 4. The first kappa shape index (κ1) is 20.3. The summed E-state index contributed by atoms with van der Waals surface area (Å²) in [6.07, 6.45) is 3.53. The van der Waals surface area contributed by atoms with Gasteiger partial charge >= 0.3 is 6.03 Å². The molecule has 2 unspecified atom stereocenters. The first-order valence-corrected chi connectivity index (χ1v) is 8.76. The number of carbonyl (C=O) groups excluding carboxylic acids is 3. The normalized spacial score (nSPS) is 19.4. The third-order valence-electron chi connectivity index (χ3n) is 3.99. The molecular weight excluding hydrogens is 308 g/mol. The number of carbonyl (C=O) groups is 3. The van der Waals surface area contributed by atoms with Gasteiger partial charge in [0.25, 0.3) is 0 Å². The highest BCUT2D eigenvalue weighted by Crippen LogP contribution is 2.16. The summed E-state index contributed by atoms with van der Waals surface area (Å²) in [6, 6.07) is -0.797. The Bertz CT molecular complexity index is 459. The van der Waals surface area contributed by atoms with Crippen LogP contribution >= 0.6 is 0 Å². The lowest BCUT2D eigenvalue weighted by molar-refractivity contribution is -0.134. The molecule has 1 heterocycles. The Morgan fingerprint density at radius 1 is 1.21 bits per heavy atom. The molecule has 0 aliphatic carbocycles. The maximum absolute atomic E-state index is 12.2. The molecule has 0 aromatic heterocycles. The molecule has 24 heavy (non-hydrogen) atoms. The lowest BCUT2D eigenvalue weighted by Crippen LogP contribution is -2.53. The van der Waals surface area contributed by atoms with E-state index in [1.807, 2.05) is 25.7 Å². The topological polar surface area (TPSA) is 90.5 Å². The molecule has 0 aromatic carbocycles. The van der Waals surface area contributed by atoms with Gasteiger partial charge < -0.3 is 20.9 Å². The van der Waals surface area contributed by atoms with Crippen molar-refractivity contribution in [1.29, 1.82) is 0 Å². The molecule has 0 aromatic rings. The van der Waals surface area contributed by atoms with Gasteiger partial charge in [-0.2, -0.15) is 0 Å². The van der Waals surface area contributed by atoms with Crippen molar-refractivity contribution in [3.63, 3.8) is 0 Å². The minimum absolute atomic E-state index is 0.0704. The van der Waals surface area contributed by atoms with Gasteiger partial charge in [0, 0.05) is 31.1 Å². The zero-order valence-corrected chi connectivity index (χ0v) is 15.6. The minimum Gasteiger partial charge on any atom is -0.350 e. The molecule has 4 amide bonds. The smallest absolute Gasteiger partial charge is 0.315 e. The number of hydrogen-bond donors (Lipinski definition) is 3. The highest BCUT2D eigenvalue weighted by molar-refractivity contribution is 5.87. The summed E-state index contributed by atoms with van der Waals surface area (Å²) in [5.41, 5.74) is -0.346. The molecule has 0 saturated carbocycles. The van der Waals surface area contributed by atoms with Crippen LogP contribution in [0, 0.1) is 0 Å². The Morgan fingerprint density at radius 2 is 1.88 bits per heavy atom. The third-order valence-corrected chi connectivity index (χ3v) is 3.99. The number of likely N-dealkylation sites (tertiary alicyclic amines) is 1. The van der Waals surface area contributed by atoms with E-state index in [4.69, 9.17) is 0 Å². The van der Waals surface area contributed by atoms with E-state index < -0.39 is 12.1 Å². The highest BCUT2D eigenvalue weighted by atomic mass is 16.2. The van der Waals surface area contributed by atoms with Crippen molar-refractivity contribution >= 4 is 17.8 Å². The van der Waals surface area contributed by atoms with Crippen LogP contribution in [-0.2, 0) is 9.59 Å². The van der Waals surface area contributed by atoms with E-state index in [9.17, 15) is 14.4 Å². The Hall–Kier alpha value is -1.79. The van der Waals surface area contributed by atoms with Crippen LogP contribution in [0.25, 0.3) is 0 Å². The molecule has 1 saturated heterocycles. The Labute approximate surface area is 144 Å². The predicted octanol–water partition coefficient (Wildman–Crippen LogP) is 1.38. The maximum Gasteiger partial charge on any atom is 0.315 e.